The molecule has 4 rings (SSSR count). The highest BCUT2D eigenvalue weighted by atomic mass is 127. The molecule has 1 aromatic heterocycles. The van der Waals surface area contributed by atoms with Crippen molar-refractivity contribution in [1.82, 2.24) is 9.55 Å². The molecule has 2 unspecified atom stereocenters. The van der Waals surface area contributed by atoms with E-state index in [1.54, 1.807) is 7.11 Å². The van der Waals surface area contributed by atoms with Gasteiger partial charge in [0.1, 0.15) is 5.76 Å². The molecule has 0 aliphatic heterocycles. The van der Waals surface area contributed by atoms with Crippen LogP contribution in [0, 0.1) is 9.75 Å². The number of aromatic nitrogens is 2. The second-order valence-corrected chi connectivity index (χ2v) is 7.79. The standard InChI is InChI=1S/C21H18ClIN2O/c1-13-10-20(26-2)16(22)12-19(13)25-18-9-8-15(11-17(18)24-21(25)23)14-6-4-3-5-7-14/h3-13,19H,1-2H3. The molecule has 0 bridgehead atoms. The van der Waals surface area contributed by atoms with Crippen LogP contribution < -0.4 is 0 Å². The quantitative estimate of drug-likeness (QED) is 0.424. The fraction of sp³-hybridized carbons (Fsp3) is 0.190. The van der Waals surface area contributed by atoms with Crippen molar-refractivity contribution < 1.29 is 4.74 Å². The van der Waals surface area contributed by atoms with Gasteiger partial charge in [-0.1, -0.05) is 54.9 Å². The molecule has 3 nitrogen and oxygen atoms in total. The molecule has 0 radical (unpaired) electrons. The molecule has 5 heteroatoms. The van der Waals surface area contributed by atoms with Gasteiger partial charge in [-0.2, -0.15) is 0 Å². The van der Waals surface area contributed by atoms with Crippen molar-refractivity contribution in [1.29, 1.82) is 0 Å². The molecule has 0 spiro atoms. The average molecular weight is 477 g/mol. The molecule has 0 amide bonds. The Labute approximate surface area is 171 Å². The fourth-order valence-electron chi connectivity index (χ4n) is 3.44. The third kappa shape index (κ3) is 3.05. The van der Waals surface area contributed by atoms with E-state index >= 15 is 0 Å². The summed E-state index contributed by atoms with van der Waals surface area (Å²) in [6.07, 6.45) is 4.13. The Balaban J connectivity index is 1.80. The molecule has 2 atom stereocenters. The topological polar surface area (TPSA) is 27.1 Å². The summed E-state index contributed by atoms with van der Waals surface area (Å²) >= 11 is 8.70. The van der Waals surface area contributed by atoms with Crippen molar-refractivity contribution in [2.45, 2.75) is 13.0 Å². The second-order valence-electron chi connectivity index (χ2n) is 6.42. The van der Waals surface area contributed by atoms with Crippen LogP contribution in [0.2, 0.25) is 0 Å². The van der Waals surface area contributed by atoms with Crippen LogP contribution in [-0.4, -0.2) is 16.7 Å². The van der Waals surface area contributed by atoms with Gasteiger partial charge in [-0.25, -0.2) is 4.98 Å². The fourth-order valence-corrected chi connectivity index (χ4v) is 4.55. The first kappa shape index (κ1) is 17.6. The van der Waals surface area contributed by atoms with Crippen molar-refractivity contribution in [2.24, 2.45) is 5.92 Å². The summed E-state index contributed by atoms with van der Waals surface area (Å²) in [5, 5.41) is 0.647. The van der Waals surface area contributed by atoms with Gasteiger partial charge in [0.15, 0.2) is 3.83 Å². The maximum atomic E-state index is 6.40. The number of benzene rings is 2. The van der Waals surface area contributed by atoms with Crippen LogP contribution in [0.15, 0.2) is 71.5 Å². The van der Waals surface area contributed by atoms with E-state index in [1.165, 1.54) is 11.1 Å². The number of fused-ring (bicyclic) bond motifs is 1. The Morgan fingerprint density at radius 2 is 1.85 bits per heavy atom. The Kier molecular flexibility index (Phi) is 4.80. The van der Waals surface area contributed by atoms with Crippen molar-refractivity contribution in [3.8, 4) is 11.1 Å². The van der Waals surface area contributed by atoms with Gasteiger partial charge in [0.05, 0.1) is 29.2 Å². The first-order chi connectivity index (χ1) is 12.6. The van der Waals surface area contributed by atoms with Crippen LogP contribution in [0.1, 0.15) is 13.0 Å². The second kappa shape index (κ2) is 7.08. The number of halogens is 2. The molecule has 132 valence electrons. The van der Waals surface area contributed by atoms with E-state index in [1.807, 2.05) is 6.07 Å². The van der Waals surface area contributed by atoms with Crippen LogP contribution in [-0.2, 0) is 4.74 Å². The van der Waals surface area contributed by atoms with Gasteiger partial charge < -0.3 is 9.30 Å². The lowest BCUT2D eigenvalue weighted by Crippen LogP contribution is -2.19. The highest BCUT2D eigenvalue weighted by Crippen LogP contribution is 2.37. The average Bonchev–Trinajstić information content (AvgIpc) is 2.98. The SMILES string of the molecule is COC1=CC(C)C(n2c(I)nc3cc(-c4ccccc4)ccc32)C=C1Cl. The minimum atomic E-state index is 0.112. The number of hydrogen-bond acceptors (Lipinski definition) is 2. The number of hydrogen-bond donors (Lipinski definition) is 0. The van der Waals surface area contributed by atoms with Gasteiger partial charge in [-0.05, 0) is 58.0 Å². The van der Waals surface area contributed by atoms with Crippen LogP contribution in [0.25, 0.3) is 22.2 Å². The van der Waals surface area contributed by atoms with E-state index in [-0.39, 0.29) is 12.0 Å². The van der Waals surface area contributed by atoms with E-state index in [0.717, 1.165) is 20.6 Å². The molecule has 0 fully saturated rings. The number of rotatable bonds is 3. The molecule has 1 aliphatic rings. The molecule has 0 N–H and O–H groups in total. The molecule has 0 saturated carbocycles. The van der Waals surface area contributed by atoms with E-state index < -0.39 is 0 Å². The highest BCUT2D eigenvalue weighted by molar-refractivity contribution is 14.1. The van der Waals surface area contributed by atoms with E-state index in [2.05, 4.69) is 88.7 Å². The summed E-state index contributed by atoms with van der Waals surface area (Å²) < 4.78 is 8.56. The molecule has 0 saturated heterocycles. The van der Waals surface area contributed by atoms with E-state index in [0.29, 0.717) is 5.03 Å². The zero-order chi connectivity index (χ0) is 18.3. The molecular formula is C21H18ClIN2O. The number of allylic oxidation sites excluding steroid dienone is 3. The first-order valence-corrected chi connectivity index (χ1v) is 9.90. The molecular weight excluding hydrogens is 459 g/mol. The van der Waals surface area contributed by atoms with Crippen molar-refractivity contribution in [2.75, 3.05) is 7.11 Å². The number of methoxy groups -OCH3 is 1. The third-order valence-electron chi connectivity index (χ3n) is 4.78. The summed E-state index contributed by atoms with van der Waals surface area (Å²) in [6.45, 7) is 2.17. The summed E-state index contributed by atoms with van der Waals surface area (Å²) in [6, 6.07) is 16.9. The smallest absolute Gasteiger partial charge is 0.172 e. The zero-order valence-electron chi connectivity index (χ0n) is 14.5. The van der Waals surface area contributed by atoms with Gasteiger partial charge in [0, 0.05) is 5.92 Å². The predicted octanol–water partition coefficient (Wildman–Crippen LogP) is 6.15. The largest absolute Gasteiger partial charge is 0.496 e. The first-order valence-electron chi connectivity index (χ1n) is 8.45. The summed E-state index contributed by atoms with van der Waals surface area (Å²) in [5.74, 6) is 0.994. The zero-order valence-corrected chi connectivity index (χ0v) is 17.4. The van der Waals surface area contributed by atoms with Gasteiger partial charge in [-0.3, -0.25) is 0 Å². The Bertz CT molecular complexity index is 1020. The monoisotopic (exact) mass is 476 g/mol. The lowest BCUT2D eigenvalue weighted by molar-refractivity contribution is 0.292. The maximum absolute atomic E-state index is 6.40. The highest BCUT2D eigenvalue weighted by Gasteiger charge is 2.26. The maximum Gasteiger partial charge on any atom is 0.172 e. The van der Waals surface area contributed by atoms with Crippen molar-refractivity contribution in [3.05, 3.63) is 75.3 Å². The van der Waals surface area contributed by atoms with Gasteiger partial charge in [0.2, 0.25) is 0 Å². The number of imidazole rings is 1. The van der Waals surface area contributed by atoms with E-state index in [4.69, 9.17) is 21.3 Å². The molecule has 2 aromatic carbocycles. The van der Waals surface area contributed by atoms with Crippen LogP contribution in [0.5, 0.6) is 0 Å². The molecule has 3 aromatic rings. The summed E-state index contributed by atoms with van der Waals surface area (Å²) in [7, 11) is 1.65. The third-order valence-corrected chi connectivity index (χ3v) is 5.85. The summed E-state index contributed by atoms with van der Waals surface area (Å²) in [4.78, 5) is 4.80. The normalized spacial score (nSPS) is 20.0. The van der Waals surface area contributed by atoms with Crippen LogP contribution >= 0.6 is 34.2 Å². The molecule has 1 aliphatic carbocycles. The van der Waals surface area contributed by atoms with Gasteiger partial charge in [-0.15, -0.1) is 0 Å². The van der Waals surface area contributed by atoms with Crippen molar-refractivity contribution in [3.63, 3.8) is 0 Å². The molecule has 26 heavy (non-hydrogen) atoms. The Hall–Kier alpha value is -1.79. The lowest BCUT2D eigenvalue weighted by Gasteiger charge is -2.26. The van der Waals surface area contributed by atoms with Crippen LogP contribution in [0.4, 0.5) is 0 Å². The van der Waals surface area contributed by atoms with Crippen molar-refractivity contribution >= 4 is 45.2 Å². The van der Waals surface area contributed by atoms with E-state index in [9.17, 15) is 0 Å². The Morgan fingerprint density at radius 3 is 2.58 bits per heavy atom. The van der Waals surface area contributed by atoms with Crippen LogP contribution in [0.3, 0.4) is 0 Å². The Morgan fingerprint density at radius 1 is 1.08 bits per heavy atom. The lowest BCUT2D eigenvalue weighted by atomic mass is 9.95. The minimum Gasteiger partial charge on any atom is -0.496 e. The predicted molar refractivity (Wildman–Crippen MR) is 115 cm³/mol. The number of ether oxygens (including phenoxy) is 1. The molecule has 1 heterocycles. The van der Waals surface area contributed by atoms with Gasteiger partial charge >= 0.3 is 0 Å². The minimum absolute atomic E-state index is 0.112. The number of nitrogens with zero attached hydrogens (tertiary/aromatic N) is 2. The van der Waals surface area contributed by atoms with Gasteiger partial charge in [0.25, 0.3) is 0 Å². The summed E-state index contributed by atoms with van der Waals surface area (Å²) in [5.41, 5.74) is 4.47.